The Labute approximate surface area is 159 Å². The van der Waals surface area contributed by atoms with Gasteiger partial charge in [0.25, 0.3) is 0 Å². The minimum Gasteiger partial charge on any atom is -0.504 e. The van der Waals surface area contributed by atoms with E-state index in [1.165, 1.54) is 5.56 Å². The molecule has 6 nitrogen and oxygen atoms in total. The number of aromatic hydroxyl groups is 1. The first-order chi connectivity index (χ1) is 13.2. The van der Waals surface area contributed by atoms with Gasteiger partial charge in [-0.2, -0.15) is 0 Å². The van der Waals surface area contributed by atoms with Crippen LogP contribution in [0.15, 0.2) is 55.1 Å². The van der Waals surface area contributed by atoms with Crippen molar-refractivity contribution < 1.29 is 9.84 Å². The quantitative estimate of drug-likeness (QED) is 0.751. The number of piperidine rings is 1. The minimum absolute atomic E-state index is 0.131. The van der Waals surface area contributed by atoms with Gasteiger partial charge in [-0.25, -0.2) is 4.98 Å². The molecule has 0 saturated carbocycles. The first kappa shape index (κ1) is 17.5. The number of phenolic OH excluding ortho intramolecular Hbond substituents is 1. The molecule has 1 saturated heterocycles. The topological polar surface area (TPSA) is 63.4 Å². The number of imidazole rings is 1. The maximum Gasteiger partial charge on any atom is 0.160 e. The van der Waals surface area contributed by atoms with Crippen molar-refractivity contribution in [3.8, 4) is 22.9 Å². The fraction of sp³-hybridized carbons (Fsp3) is 0.333. The number of likely N-dealkylation sites (tertiary alicyclic amines) is 1. The lowest BCUT2D eigenvalue weighted by Gasteiger charge is -2.34. The molecule has 4 rings (SSSR count). The zero-order valence-corrected chi connectivity index (χ0v) is 15.5. The number of benzene rings is 1. The molecule has 1 aromatic carbocycles. The summed E-state index contributed by atoms with van der Waals surface area (Å²) in [6.45, 7) is 2.98. The highest BCUT2D eigenvalue weighted by Gasteiger charge is 2.23. The Balaban J connectivity index is 1.54. The van der Waals surface area contributed by atoms with E-state index in [1.807, 2.05) is 36.9 Å². The lowest BCUT2D eigenvalue weighted by Crippen LogP contribution is -2.36. The van der Waals surface area contributed by atoms with E-state index in [2.05, 4.69) is 25.5 Å². The smallest absolute Gasteiger partial charge is 0.160 e. The van der Waals surface area contributed by atoms with Crippen LogP contribution in [0.25, 0.3) is 11.4 Å². The van der Waals surface area contributed by atoms with Gasteiger partial charge in [0.1, 0.15) is 5.82 Å². The van der Waals surface area contributed by atoms with Gasteiger partial charge in [0, 0.05) is 49.5 Å². The van der Waals surface area contributed by atoms with Crippen LogP contribution in [0.5, 0.6) is 11.5 Å². The number of methoxy groups -OCH3 is 1. The summed E-state index contributed by atoms with van der Waals surface area (Å²) in [4.78, 5) is 11.2. The van der Waals surface area contributed by atoms with Crippen molar-refractivity contribution in [3.05, 3.63) is 60.7 Å². The van der Waals surface area contributed by atoms with Crippen LogP contribution in [-0.4, -0.2) is 44.7 Å². The van der Waals surface area contributed by atoms with E-state index in [4.69, 9.17) is 4.74 Å². The highest BCUT2D eigenvalue weighted by atomic mass is 16.5. The van der Waals surface area contributed by atoms with Gasteiger partial charge in [0.2, 0.25) is 0 Å². The first-order valence-corrected chi connectivity index (χ1v) is 9.26. The van der Waals surface area contributed by atoms with Gasteiger partial charge in [0.05, 0.1) is 7.11 Å². The van der Waals surface area contributed by atoms with Crippen LogP contribution < -0.4 is 4.74 Å². The molecule has 1 fully saturated rings. The van der Waals surface area contributed by atoms with Crippen molar-refractivity contribution in [2.24, 2.45) is 0 Å². The van der Waals surface area contributed by atoms with Crippen molar-refractivity contribution in [3.63, 3.8) is 0 Å². The van der Waals surface area contributed by atoms with Gasteiger partial charge < -0.3 is 14.4 Å². The largest absolute Gasteiger partial charge is 0.504 e. The standard InChI is InChI=1S/C21H24N4O2/c1-27-20-7-6-17(12-19(20)26)21-23-9-11-25(21)18-5-3-10-24(15-18)14-16-4-2-8-22-13-16/h2,4,6-9,11-13,18,26H,3,5,10,14-15H2,1H3. The molecule has 0 amide bonds. The summed E-state index contributed by atoms with van der Waals surface area (Å²) in [5.74, 6) is 1.48. The molecule has 1 N–H and O–H groups in total. The maximum absolute atomic E-state index is 10.1. The van der Waals surface area contributed by atoms with Crippen LogP contribution in [0.3, 0.4) is 0 Å². The van der Waals surface area contributed by atoms with Crippen molar-refractivity contribution in [1.82, 2.24) is 19.4 Å². The first-order valence-electron chi connectivity index (χ1n) is 9.26. The molecule has 0 bridgehead atoms. The molecule has 1 aliphatic heterocycles. The third-order valence-electron chi connectivity index (χ3n) is 5.11. The zero-order chi connectivity index (χ0) is 18.6. The van der Waals surface area contributed by atoms with Crippen LogP contribution in [0, 0.1) is 0 Å². The van der Waals surface area contributed by atoms with Crippen molar-refractivity contribution >= 4 is 0 Å². The summed E-state index contributed by atoms with van der Waals surface area (Å²) >= 11 is 0. The molecular formula is C21H24N4O2. The van der Waals surface area contributed by atoms with Gasteiger partial charge >= 0.3 is 0 Å². The summed E-state index contributed by atoms with van der Waals surface area (Å²) in [7, 11) is 1.55. The number of rotatable bonds is 5. The Kier molecular flexibility index (Phi) is 5.07. The van der Waals surface area contributed by atoms with E-state index < -0.39 is 0 Å². The number of phenols is 1. The van der Waals surface area contributed by atoms with Gasteiger partial charge in [-0.05, 0) is 49.2 Å². The van der Waals surface area contributed by atoms with Crippen LogP contribution >= 0.6 is 0 Å². The average Bonchev–Trinajstić information content (AvgIpc) is 3.19. The molecule has 140 valence electrons. The van der Waals surface area contributed by atoms with Gasteiger partial charge in [-0.15, -0.1) is 0 Å². The van der Waals surface area contributed by atoms with E-state index in [0.29, 0.717) is 11.8 Å². The Morgan fingerprint density at radius 1 is 1.26 bits per heavy atom. The van der Waals surface area contributed by atoms with Crippen LogP contribution in [0.1, 0.15) is 24.4 Å². The highest BCUT2D eigenvalue weighted by Crippen LogP contribution is 2.33. The fourth-order valence-electron chi connectivity index (χ4n) is 3.81. The Bertz CT molecular complexity index is 894. The van der Waals surface area contributed by atoms with E-state index >= 15 is 0 Å². The number of aromatic nitrogens is 3. The SMILES string of the molecule is COc1ccc(-c2nccn2C2CCCN(Cc3cccnc3)C2)cc1O. The summed E-state index contributed by atoms with van der Waals surface area (Å²) in [6.07, 6.45) is 9.88. The van der Waals surface area contributed by atoms with Crippen molar-refractivity contribution in [1.29, 1.82) is 0 Å². The summed E-state index contributed by atoms with van der Waals surface area (Å²) in [6, 6.07) is 9.90. The number of hydrogen-bond donors (Lipinski definition) is 1. The maximum atomic E-state index is 10.1. The predicted molar refractivity (Wildman–Crippen MR) is 104 cm³/mol. The van der Waals surface area contributed by atoms with Crippen LogP contribution in [0.2, 0.25) is 0 Å². The summed E-state index contributed by atoms with van der Waals surface area (Å²) in [5.41, 5.74) is 2.13. The summed E-state index contributed by atoms with van der Waals surface area (Å²) < 4.78 is 7.38. The minimum atomic E-state index is 0.131. The molecule has 0 spiro atoms. The van der Waals surface area contributed by atoms with E-state index in [9.17, 15) is 5.11 Å². The zero-order valence-electron chi connectivity index (χ0n) is 15.5. The average molecular weight is 364 g/mol. The second-order valence-corrected chi connectivity index (χ2v) is 6.94. The third-order valence-corrected chi connectivity index (χ3v) is 5.11. The monoisotopic (exact) mass is 364 g/mol. The number of hydrogen-bond acceptors (Lipinski definition) is 5. The van der Waals surface area contributed by atoms with Crippen molar-refractivity contribution in [2.75, 3.05) is 20.2 Å². The molecule has 1 unspecified atom stereocenters. The lowest BCUT2D eigenvalue weighted by molar-refractivity contribution is 0.171. The molecule has 0 aliphatic carbocycles. The fourth-order valence-corrected chi connectivity index (χ4v) is 3.81. The van der Waals surface area contributed by atoms with Crippen LogP contribution in [0.4, 0.5) is 0 Å². The van der Waals surface area contributed by atoms with E-state index in [0.717, 1.165) is 43.9 Å². The van der Waals surface area contributed by atoms with E-state index in [-0.39, 0.29) is 5.75 Å². The second kappa shape index (κ2) is 7.80. The number of nitrogens with zero attached hydrogens (tertiary/aromatic N) is 4. The van der Waals surface area contributed by atoms with Gasteiger partial charge in [0.15, 0.2) is 11.5 Å². The second-order valence-electron chi connectivity index (χ2n) is 6.94. The Hall–Kier alpha value is -2.86. The molecule has 27 heavy (non-hydrogen) atoms. The van der Waals surface area contributed by atoms with Gasteiger partial charge in [-0.1, -0.05) is 6.07 Å². The van der Waals surface area contributed by atoms with Gasteiger partial charge in [-0.3, -0.25) is 9.88 Å². The molecule has 1 aliphatic rings. The molecule has 0 radical (unpaired) electrons. The lowest BCUT2D eigenvalue weighted by atomic mass is 10.0. The highest BCUT2D eigenvalue weighted by molar-refractivity contribution is 5.61. The number of ether oxygens (including phenoxy) is 1. The van der Waals surface area contributed by atoms with Crippen LogP contribution in [-0.2, 0) is 6.54 Å². The van der Waals surface area contributed by atoms with Crippen molar-refractivity contribution in [2.45, 2.75) is 25.4 Å². The Morgan fingerprint density at radius 2 is 2.19 bits per heavy atom. The Morgan fingerprint density at radius 3 is 2.96 bits per heavy atom. The normalized spacial score (nSPS) is 17.7. The molecule has 1 atom stereocenters. The molecular weight excluding hydrogens is 340 g/mol. The molecule has 3 heterocycles. The van der Waals surface area contributed by atoms with E-state index in [1.54, 1.807) is 19.2 Å². The molecule has 3 aromatic rings. The molecule has 2 aromatic heterocycles. The summed E-state index contributed by atoms with van der Waals surface area (Å²) in [5, 5.41) is 10.1. The molecule has 6 heteroatoms. The predicted octanol–water partition coefficient (Wildman–Crippen LogP) is 3.50. The number of pyridine rings is 1. The third kappa shape index (κ3) is 3.80.